The van der Waals surface area contributed by atoms with Crippen molar-refractivity contribution in [1.82, 2.24) is 9.80 Å². The Hall–Kier alpha value is -0.650. The standard InChI is InChI=1S/C14H26N2O3/c1-19-13-4-2-3-12(11-13)16-9-7-15(8-10-16)6-5-14(17)18/h12-13H,2-11H2,1H3,(H,17,18). The minimum Gasteiger partial charge on any atom is -0.481 e. The van der Waals surface area contributed by atoms with E-state index in [2.05, 4.69) is 9.80 Å². The molecule has 2 rings (SSSR count). The summed E-state index contributed by atoms with van der Waals surface area (Å²) in [7, 11) is 1.82. The first-order valence-electron chi connectivity index (χ1n) is 7.40. The summed E-state index contributed by atoms with van der Waals surface area (Å²) in [6.07, 6.45) is 5.60. The summed E-state index contributed by atoms with van der Waals surface area (Å²) in [6, 6.07) is 0.667. The molecule has 2 aliphatic rings. The van der Waals surface area contributed by atoms with E-state index in [1.54, 1.807) is 0 Å². The predicted octanol–water partition coefficient (Wildman–Crippen LogP) is 1.04. The quantitative estimate of drug-likeness (QED) is 0.809. The van der Waals surface area contributed by atoms with Gasteiger partial charge in [0.05, 0.1) is 12.5 Å². The predicted molar refractivity (Wildman–Crippen MR) is 73.3 cm³/mol. The van der Waals surface area contributed by atoms with E-state index in [1.165, 1.54) is 19.3 Å². The molecule has 1 aliphatic heterocycles. The highest BCUT2D eigenvalue weighted by molar-refractivity contribution is 5.66. The van der Waals surface area contributed by atoms with E-state index in [0.29, 0.717) is 18.7 Å². The van der Waals surface area contributed by atoms with Crippen LogP contribution in [0.5, 0.6) is 0 Å². The molecule has 1 saturated heterocycles. The van der Waals surface area contributed by atoms with Crippen LogP contribution in [0.25, 0.3) is 0 Å². The van der Waals surface area contributed by atoms with Crippen LogP contribution in [0.3, 0.4) is 0 Å². The van der Waals surface area contributed by atoms with Crippen molar-refractivity contribution in [3.8, 4) is 0 Å². The zero-order valence-electron chi connectivity index (χ0n) is 11.9. The Morgan fingerprint density at radius 2 is 2.00 bits per heavy atom. The molecule has 0 aromatic heterocycles. The molecule has 0 radical (unpaired) electrons. The minimum atomic E-state index is -0.697. The van der Waals surface area contributed by atoms with Gasteiger partial charge >= 0.3 is 5.97 Å². The average Bonchev–Trinajstić information content (AvgIpc) is 2.45. The van der Waals surface area contributed by atoms with E-state index >= 15 is 0 Å². The van der Waals surface area contributed by atoms with Gasteiger partial charge in [0, 0.05) is 45.9 Å². The Morgan fingerprint density at radius 3 is 2.63 bits per heavy atom. The third-order valence-corrected chi connectivity index (χ3v) is 4.50. The molecule has 5 nitrogen and oxygen atoms in total. The van der Waals surface area contributed by atoms with Crippen molar-refractivity contribution in [1.29, 1.82) is 0 Å². The van der Waals surface area contributed by atoms with Gasteiger partial charge in [-0.05, 0) is 25.7 Å². The van der Waals surface area contributed by atoms with Crippen molar-refractivity contribution in [2.24, 2.45) is 0 Å². The monoisotopic (exact) mass is 270 g/mol. The molecule has 1 aliphatic carbocycles. The number of rotatable bonds is 5. The van der Waals surface area contributed by atoms with Gasteiger partial charge < -0.3 is 14.7 Å². The fourth-order valence-electron chi connectivity index (χ4n) is 3.27. The van der Waals surface area contributed by atoms with E-state index in [9.17, 15) is 4.79 Å². The number of piperazine rings is 1. The van der Waals surface area contributed by atoms with E-state index in [0.717, 1.165) is 32.6 Å². The molecule has 0 bridgehead atoms. The third kappa shape index (κ3) is 4.44. The zero-order chi connectivity index (χ0) is 13.7. The molecule has 2 atom stereocenters. The number of carbonyl (C=O) groups is 1. The van der Waals surface area contributed by atoms with E-state index < -0.39 is 5.97 Å². The normalized spacial score (nSPS) is 30.4. The Kier molecular flexibility index (Phi) is 5.60. The highest BCUT2D eigenvalue weighted by atomic mass is 16.5. The summed E-state index contributed by atoms with van der Waals surface area (Å²) in [5.41, 5.74) is 0. The first kappa shape index (κ1) is 14.8. The number of methoxy groups -OCH3 is 1. The van der Waals surface area contributed by atoms with Crippen LogP contribution in [0.4, 0.5) is 0 Å². The van der Waals surface area contributed by atoms with Crippen LogP contribution < -0.4 is 0 Å². The second-order valence-corrected chi connectivity index (χ2v) is 5.70. The number of hydrogen-bond acceptors (Lipinski definition) is 4. The van der Waals surface area contributed by atoms with E-state index in [1.807, 2.05) is 7.11 Å². The molecule has 1 saturated carbocycles. The molecule has 0 aromatic carbocycles. The van der Waals surface area contributed by atoms with E-state index in [-0.39, 0.29) is 6.42 Å². The maximum absolute atomic E-state index is 10.6. The Labute approximate surface area is 115 Å². The number of ether oxygens (including phenoxy) is 1. The second kappa shape index (κ2) is 7.22. The molecular formula is C14H26N2O3. The van der Waals surface area contributed by atoms with Crippen molar-refractivity contribution >= 4 is 5.97 Å². The topological polar surface area (TPSA) is 53.0 Å². The van der Waals surface area contributed by atoms with Crippen LogP contribution in [0.2, 0.25) is 0 Å². The van der Waals surface area contributed by atoms with Crippen LogP contribution in [0.15, 0.2) is 0 Å². The van der Waals surface area contributed by atoms with Gasteiger partial charge in [0.1, 0.15) is 0 Å². The van der Waals surface area contributed by atoms with Gasteiger partial charge in [0.25, 0.3) is 0 Å². The molecule has 110 valence electrons. The lowest BCUT2D eigenvalue weighted by Gasteiger charge is -2.42. The van der Waals surface area contributed by atoms with Gasteiger partial charge in [-0.15, -0.1) is 0 Å². The van der Waals surface area contributed by atoms with Crippen LogP contribution in [0, 0.1) is 0 Å². The van der Waals surface area contributed by atoms with Gasteiger partial charge in [0.2, 0.25) is 0 Å². The van der Waals surface area contributed by atoms with Gasteiger partial charge in [-0.3, -0.25) is 9.69 Å². The number of nitrogens with zero attached hydrogens (tertiary/aromatic N) is 2. The number of hydrogen-bond donors (Lipinski definition) is 1. The first-order valence-corrected chi connectivity index (χ1v) is 7.40. The van der Waals surface area contributed by atoms with E-state index in [4.69, 9.17) is 9.84 Å². The summed E-state index contributed by atoms with van der Waals surface area (Å²) < 4.78 is 5.50. The van der Waals surface area contributed by atoms with Crippen LogP contribution in [-0.4, -0.2) is 72.9 Å². The molecule has 0 spiro atoms. The molecule has 5 heteroatoms. The van der Waals surface area contributed by atoms with Crippen LogP contribution in [0.1, 0.15) is 32.1 Å². The van der Waals surface area contributed by atoms with Gasteiger partial charge in [-0.25, -0.2) is 0 Å². The highest BCUT2D eigenvalue weighted by Crippen LogP contribution is 2.25. The maximum atomic E-state index is 10.6. The van der Waals surface area contributed by atoms with Crippen molar-refractivity contribution in [2.75, 3.05) is 39.8 Å². The molecule has 1 N–H and O–H groups in total. The lowest BCUT2D eigenvalue weighted by Crippen LogP contribution is -2.52. The fraction of sp³-hybridized carbons (Fsp3) is 0.929. The van der Waals surface area contributed by atoms with Gasteiger partial charge in [-0.1, -0.05) is 0 Å². The summed E-state index contributed by atoms with van der Waals surface area (Å²) in [5, 5.41) is 8.71. The third-order valence-electron chi connectivity index (χ3n) is 4.50. The second-order valence-electron chi connectivity index (χ2n) is 5.70. The number of carboxylic acids is 1. The summed E-state index contributed by atoms with van der Waals surface area (Å²) in [6.45, 7) is 4.83. The van der Waals surface area contributed by atoms with Crippen LogP contribution >= 0.6 is 0 Å². The molecule has 1 heterocycles. The fourth-order valence-corrected chi connectivity index (χ4v) is 3.27. The molecular weight excluding hydrogens is 244 g/mol. The zero-order valence-corrected chi connectivity index (χ0v) is 11.9. The summed E-state index contributed by atoms with van der Waals surface area (Å²) in [5.74, 6) is -0.697. The lowest BCUT2D eigenvalue weighted by atomic mass is 9.91. The SMILES string of the molecule is COC1CCCC(N2CCN(CCC(=O)O)CC2)C1. The Morgan fingerprint density at radius 1 is 1.26 bits per heavy atom. The number of aliphatic carboxylic acids is 1. The van der Waals surface area contributed by atoms with Gasteiger partial charge in [0.15, 0.2) is 0 Å². The lowest BCUT2D eigenvalue weighted by molar-refractivity contribution is -0.137. The summed E-state index contributed by atoms with van der Waals surface area (Å²) >= 11 is 0. The molecule has 2 unspecified atom stereocenters. The largest absolute Gasteiger partial charge is 0.481 e. The summed E-state index contributed by atoms with van der Waals surface area (Å²) in [4.78, 5) is 15.4. The molecule has 0 aromatic rings. The highest BCUT2D eigenvalue weighted by Gasteiger charge is 2.28. The van der Waals surface area contributed by atoms with Crippen molar-refractivity contribution in [3.63, 3.8) is 0 Å². The minimum absolute atomic E-state index is 0.259. The first-order chi connectivity index (χ1) is 9.19. The smallest absolute Gasteiger partial charge is 0.304 e. The molecule has 19 heavy (non-hydrogen) atoms. The van der Waals surface area contributed by atoms with Crippen molar-refractivity contribution in [3.05, 3.63) is 0 Å². The van der Waals surface area contributed by atoms with Crippen molar-refractivity contribution in [2.45, 2.75) is 44.2 Å². The molecule has 2 fully saturated rings. The average molecular weight is 270 g/mol. The van der Waals surface area contributed by atoms with Crippen molar-refractivity contribution < 1.29 is 14.6 Å². The maximum Gasteiger partial charge on any atom is 0.304 e. The Balaban J connectivity index is 1.72. The van der Waals surface area contributed by atoms with Gasteiger partial charge in [-0.2, -0.15) is 0 Å². The Bertz CT molecular complexity index is 290. The molecule has 0 amide bonds. The number of carboxylic acid groups (broad SMARTS) is 1. The van der Waals surface area contributed by atoms with Crippen LogP contribution in [-0.2, 0) is 9.53 Å².